The van der Waals surface area contributed by atoms with Crippen LogP contribution in [0.2, 0.25) is 0 Å². The van der Waals surface area contributed by atoms with Gasteiger partial charge in [-0.2, -0.15) is 0 Å². The number of rotatable bonds is 7. The molecule has 0 unspecified atom stereocenters. The van der Waals surface area contributed by atoms with Gasteiger partial charge in [0.15, 0.2) is 10.4 Å². The van der Waals surface area contributed by atoms with Gasteiger partial charge >= 0.3 is 0 Å². The van der Waals surface area contributed by atoms with Gasteiger partial charge in [-0.15, -0.1) is 0 Å². The first-order chi connectivity index (χ1) is 8.99. The minimum absolute atomic E-state index is 0.0428. The number of carbonyl (C=O) groups excluding carboxylic acids is 2. The molecule has 1 aromatic rings. The van der Waals surface area contributed by atoms with Crippen molar-refractivity contribution in [3.05, 3.63) is 22.6 Å². The highest BCUT2D eigenvalue weighted by Crippen LogP contribution is 2.13. The summed E-state index contributed by atoms with van der Waals surface area (Å²) in [7, 11) is 0. The molecule has 0 aromatic carbocycles. The lowest BCUT2D eigenvalue weighted by molar-refractivity contribution is -0.120. The molecule has 0 saturated carbocycles. The van der Waals surface area contributed by atoms with Gasteiger partial charge in [-0.25, -0.2) is 0 Å². The first kappa shape index (κ1) is 15.8. The molecule has 1 aromatic heterocycles. The highest BCUT2D eigenvalue weighted by molar-refractivity contribution is 9.10. The summed E-state index contributed by atoms with van der Waals surface area (Å²) < 4.78 is 5.56. The van der Waals surface area contributed by atoms with Crippen LogP contribution in [-0.2, 0) is 4.79 Å². The van der Waals surface area contributed by atoms with E-state index in [0.29, 0.717) is 17.1 Å². The van der Waals surface area contributed by atoms with Crippen molar-refractivity contribution in [2.45, 2.75) is 26.7 Å². The number of hydrogen-bond acceptors (Lipinski definition) is 3. The van der Waals surface area contributed by atoms with Crippen LogP contribution < -0.4 is 10.6 Å². The molecule has 0 saturated heterocycles. The molecule has 0 radical (unpaired) electrons. The molecule has 0 bridgehead atoms. The molecule has 1 heterocycles. The average Bonchev–Trinajstić information content (AvgIpc) is 2.78. The lowest BCUT2D eigenvalue weighted by atomic mass is 10.1. The highest BCUT2D eigenvalue weighted by atomic mass is 79.9. The van der Waals surface area contributed by atoms with E-state index in [2.05, 4.69) is 40.4 Å². The summed E-state index contributed by atoms with van der Waals surface area (Å²) in [6, 6.07) is 3.17. The third kappa shape index (κ3) is 6.42. The summed E-state index contributed by atoms with van der Waals surface area (Å²) in [5, 5.41) is 5.25. The van der Waals surface area contributed by atoms with Crippen molar-refractivity contribution in [2.24, 2.45) is 5.92 Å². The van der Waals surface area contributed by atoms with E-state index in [0.717, 1.165) is 12.8 Å². The zero-order valence-corrected chi connectivity index (χ0v) is 12.7. The van der Waals surface area contributed by atoms with Crippen molar-refractivity contribution in [1.29, 1.82) is 0 Å². The Bertz CT molecular complexity index is 429. The first-order valence-corrected chi connectivity index (χ1v) is 7.08. The SMILES string of the molecule is CC(C)CCCNC(=O)CNC(=O)c1ccc(Br)o1. The number of amides is 2. The summed E-state index contributed by atoms with van der Waals surface area (Å²) in [5.74, 6) is 0.222. The summed E-state index contributed by atoms with van der Waals surface area (Å²) in [6.45, 7) is 4.88. The second-order valence-corrected chi connectivity index (χ2v) is 5.45. The molecule has 2 amide bonds. The van der Waals surface area contributed by atoms with Crippen molar-refractivity contribution in [1.82, 2.24) is 10.6 Å². The molecule has 1 rings (SSSR count). The predicted molar refractivity (Wildman–Crippen MR) is 75.8 cm³/mol. The average molecular weight is 331 g/mol. The Kier molecular flexibility index (Phi) is 6.62. The van der Waals surface area contributed by atoms with Gasteiger partial charge in [0.2, 0.25) is 5.91 Å². The molecular weight excluding hydrogens is 312 g/mol. The number of hydrogen-bond donors (Lipinski definition) is 2. The van der Waals surface area contributed by atoms with Crippen LogP contribution in [0.5, 0.6) is 0 Å². The number of carbonyl (C=O) groups is 2. The van der Waals surface area contributed by atoms with E-state index in [1.165, 1.54) is 0 Å². The Morgan fingerprint density at radius 3 is 2.63 bits per heavy atom. The number of nitrogens with one attached hydrogen (secondary N) is 2. The maximum Gasteiger partial charge on any atom is 0.287 e. The lowest BCUT2D eigenvalue weighted by Gasteiger charge is -2.07. The van der Waals surface area contributed by atoms with Gasteiger partial charge in [-0.3, -0.25) is 9.59 Å². The normalized spacial score (nSPS) is 10.5. The van der Waals surface area contributed by atoms with Crippen molar-refractivity contribution >= 4 is 27.7 Å². The molecule has 106 valence electrons. The van der Waals surface area contributed by atoms with Crippen LogP contribution >= 0.6 is 15.9 Å². The third-order valence-corrected chi connectivity index (χ3v) is 2.91. The van der Waals surface area contributed by atoms with Crippen LogP contribution in [0, 0.1) is 5.92 Å². The maximum atomic E-state index is 11.6. The highest BCUT2D eigenvalue weighted by Gasteiger charge is 2.11. The van der Waals surface area contributed by atoms with E-state index < -0.39 is 5.91 Å². The Balaban J connectivity index is 2.18. The molecule has 0 aliphatic heterocycles. The van der Waals surface area contributed by atoms with Gasteiger partial charge < -0.3 is 15.1 Å². The van der Waals surface area contributed by atoms with Gasteiger partial charge in [0.1, 0.15) is 0 Å². The van der Waals surface area contributed by atoms with E-state index in [4.69, 9.17) is 4.42 Å². The van der Waals surface area contributed by atoms with Gasteiger partial charge in [0, 0.05) is 6.54 Å². The molecule has 19 heavy (non-hydrogen) atoms. The minimum Gasteiger partial charge on any atom is -0.444 e. The fraction of sp³-hybridized carbons (Fsp3) is 0.538. The Hall–Kier alpha value is -1.30. The van der Waals surface area contributed by atoms with E-state index in [9.17, 15) is 9.59 Å². The van der Waals surface area contributed by atoms with E-state index in [1.807, 2.05) is 0 Å². The van der Waals surface area contributed by atoms with Gasteiger partial charge in [0.05, 0.1) is 6.54 Å². The molecular formula is C13H19BrN2O3. The van der Waals surface area contributed by atoms with Crippen LogP contribution in [0.1, 0.15) is 37.2 Å². The van der Waals surface area contributed by atoms with Crippen LogP contribution in [0.3, 0.4) is 0 Å². The minimum atomic E-state index is -0.400. The van der Waals surface area contributed by atoms with Gasteiger partial charge in [-0.1, -0.05) is 13.8 Å². The van der Waals surface area contributed by atoms with E-state index >= 15 is 0 Å². The smallest absolute Gasteiger partial charge is 0.287 e. The van der Waals surface area contributed by atoms with Crippen LogP contribution in [-0.4, -0.2) is 24.9 Å². The summed E-state index contributed by atoms with van der Waals surface area (Å²) in [4.78, 5) is 23.0. The van der Waals surface area contributed by atoms with Crippen LogP contribution in [0.4, 0.5) is 0 Å². The molecule has 5 nitrogen and oxygen atoms in total. The fourth-order valence-corrected chi connectivity index (χ4v) is 1.79. The second kappa shape index (κ2) is 7.99. The Morgan fingerprint density at radius 2 is 2.05 bits per heavy atom. The topological polar surface area (TPSA) is 71.3 Å². The Labute approximate surface area is 121 Å². The van der Waals surface area contributed by atoms with Crippen LogP contribution in [0.15, 0.2) is 21.2 Å². The quantitative estimate of drug-likeness (QED) is 0.753. The first-order valence-electron chi connectivity index (χ1n) is 6.29. The monoisotopic (exact) mass is 330 g/mol. The van der Waals surface area contributed by atoms with Gasteiger partial charge in [-0.05, 0) is 46.8 Å². The second-order valence-electron chi connectivity index (χ2n) is 4.67. The van der Waals surface area contributed by atoms with Crippen molar-refractivity contribution in [3.63, 3.8) is 0 Å². The largest absolute Gasteiger partial charge is 0.444 e. The van der Waals surface area contributed by atoms with Crippen molar-refractivity contribution in [2.75, 3.05) is 13.1 Å². The summed E-state index contributed by atoms with van der Waals surface area (Å²) in [5.41, 5.74) is 0. The predicted octanol–water partition coefficient (Wildman–Crippen LogP) is 2.32. The Morgan fingerprint density at radius 1 is 1.32 bits per heavy atom. The van der Waals surface area contributed by atoms with Crippen LogP contribution in [0.25, 0.3) is 0 Å². The molecule has 6 heteroatoms. The summed E-state index contributed by atoms with van der Waals surface area (Å²) >= 11 is 3.11. The number of furan rings is 1. The molecule has 0 fully saturated rings. The summed E-state index contributed by atoms with van der Waals surface area (Å²) in [6.07, 6.45) is 2.02. The molecule has 0 aliphatic rings. The van der Waals surface area contributed by atoms with Crippen molar-refractivity contribution in [3.8, 4) is 0 Å². The van der Waals surface area contributed by atoms with Crippen molar-refractivity contribution < 1.29 is 14.0 Å². The molecule has 0 aliphatic carbocycles. The zero-order valence-electron chi connectivity index (χ0n) is 11.2. The third-order valence-electron chi connectivity index (χ3n) is 2.49. The van der Waals surface area contributed by atoms with E-state index in [1.54, 1.807) is 12.1 Å². The zero-order chi connectivity index (χ0) is 14.3. The molecule has 0 spiro atoms. The van der Waals surface area contributed by atoms with Gasteiger partial charge in [0.25, 0.3) is 5.91 Å². The molecule has 0 atom stereocenters. The number of halogens is 1. The fourth-order valence-electron chi connectivity index (χ4n) is 1.48. The molecule has 2 N–H and O–H groups in total. The van der Waals surface area contributed by atoms with E-state index in [-0.39, 0.29) is 18.2 Å². The lowest BCUT2D eigenvalue weighted by Crippen LogP contribution is -2.37. The maximum absolute atomic E-state index is 11.6. The standard InChI is InChI=1S/C13H19BrN2O3/c1-9(2)4-3-7-15-12(17)8-16-13(18)10-5-6-11(14)19-10/h5-6,9H,3-4,7-8H2,1-2H3,(H,15,17)(H,16,18).